The summed E-state index contributed by atoms with van der Waals surface area (Å²) in [7, 11) is 0. The Morgan fingerprint density at radius 2 is 1.91 bits per heavy atom. The van der Waals surface area contributed by atoms with Gasteiger partial charge < -0.3 is 15.2 Å². The summed E-state index contributed by atoms with van der Waals surface area (Å²) in [5.74, 6) is 1.44. The van der Waals surface area contributed by atoms with E-state index in [4.69, 9.17) is 10.3 Å². The molecule has 1 aliphatic heterocycles. The van der Waals surface area contributed by atoms with Crippen molar-refractivity contribution in [2.75, 3.05) is 26.2 Å². The lowest BCUT2D eigenvalue weighted by Gasteiger charge is -2.35. The fraction of sp³-hybridized carbons (Fsp3) is 0.769. The van der Waals surface area contributed by atoms with Crippen LogP contribution in [0.4, 0.5) is 0 Å². The van der Waals surface area contributed by atoms with Crippen LogP contribution < -0.4 is 5.73 Å². The van der Waals surface area contributed by atoms with Gasteiger partial charge in [-0.2, -0.15) is 4.98 Å². The summed E-state index contributed by atoms with van der Waals surface area (Å²) in [5, 5.41) is 3.95. The highest BCUT2D eigenvalue weighted by Crippen LogP contribution is 2.08. The summed E-state index contributed by atoms with van der Waals surface area (Å²) >= 11 is 0. The van der Waals surface area contributed by atoms with Crippen LogP contribution in [0.15, 0.2) is 4.52 Å². The van der Waals surface area contributed by atoms with E-state index >= 15 is 0 Å². The maximum Gasteiger partial charge on any atom is 0.239 e. The van der Waals surface area contributed by atoms with Crippen LogP contribution in [0.3, 0.4) is 0 Å². The van der Waals surface area contributed by atoms with Gasteiger partial charge in [0.05, 0.1) is 12.6 Å². The number of hydrogen-bond acceptors (Lipinski definition) is 6. The van der Waals surface area contributed by atoms with Crippen molar-refractivity contribution in [1.82, 2.24) is 19.9 Å². The van der Waals surface area contributed by atoms with Gasteiger partial charge in [-0.25, -0.2) is 0 Å². The number of piperazine rings is 1. The van der Waals surface area contributed by atoms with Crippen LogP contribution in [-0.2, 0) is 17.8 Å². The molecule has 2 heterocycles. The summed E-state index contributed by atoms with van der Waals surface area (Å²) in [6.07, 6.45) is 1.44. The second-order valence-electron chi connectivity index (χ2n) is 5.07. The Hall–Kier alpha value is -0.890. The lowest BCUT2D eigenvalue weighted by molar-refractivity contribution is -0.134. The number of hydrogen-bond donors (Lipinski definition) is 1. The van der Waals surface area contributed by atoms with E-state index in [9.17, 15) is 4.79 Å². The minimum atomic E-state index is -0.370. The van der Waals surface area contributed by atoms with E-state index in [0.29, 0.717) is 37.8 Å². The minimum absolute atomic E-state index is 0. The van der Waals surface area contributed by atoms with Crippen molar-refractivity contribution < 1.29 is 9.32 Å². The van der Waals surface area contributed by atoms with E-state index < -0.39 is 0 Å². The molecule has 9 heteroatoms. The van der Waals surface area contributed by atoms with Gasteiger partial charge in [0.2, 0.25) is 11.8 Å². The molecule has 0 radical (unpaired) electrons. The number of aryl methyl sites for hydroxylation is 1. The Morgan fingerprint density at radius 3 is 2.41 bits per heavy atom. The van der Waals surface area contributed by atoms with Crippen LogP contribution >= 0.6 is 24.8 Å². The van der Waals surface area contributed by atoms with E-state index in [1.54, 1.807) is 0 Å². The van der Waals surface area contributed by atoms with Crippen molar-refractivity contribution in [3.05, 3.63) is 11.7 Å². The molecular formula is C13H25Cl2N5O2. The first-order valence-corrected chi connectivity index (χ1v) is 7.22. The zero-order valence-corrected chi connectivity index (χ0v) is 14.7. The Balaban J connectivity index is 0.00000220. The summed E-state index contributed by atoms with van der Waals surface area (Å²) in [6, 6.07) is -0.370. The zero-order chi connectivity index (χ0) is 14.5. The maximum absolute atomic E-state index is 12.0. The van der Waals surface area contributed by atoms with Gasteiger partial charge in [0, 0.05) is 32.6 Å². The minimum Gasteiger partial charge on any atom is -0.339 e. The molecule has 0 aliphatic carbocycles. The first-order chi connectivity index (χ1) is 9.63. The number of halogens is 2. The maximum atomic E-state index is 12.0. The lowest BCUT2D eigenvalue weighted by Crippen LogP contribution is -2.52. The zero-order valence-electron chi connectivity index (χ0n) is 13.0. The SMILES string of the molecule is CCc1nc(CN2CCN(C(=O)[C@@H](N)CC)CC2)no1.Cl.Cl. The van der Waals surface area contributed by atoms with E-state index in [0.717, 1.165) is 19.5 Å². The topological polar surface area (TPSA) is 88.5 Å². The average molecular weight is 354 g/mol. The van der Waals surface area contributed by atoms with Crippen LogP contribution in [0.1, 0.15) is 32.0 Å². The molecule has 0 aromatic carbocycles. The second kappa shape index (κ2) is 9.99. The molecule has 7 nitrogen and oxygen atoms in total. The van der Waals surface area contributed by atoms with Crippen LogP contribution in [-0.4, -0.2) is 58.1 Å². The van der Waals surface area contributed by atoms with Gasteiger partial charge in [-0.05, 0) is 6.42 Å². The largest absolute Gasteiger partial charge is 0.339 e. The summed E-state index contributed by atoms with van der Waals surface area (Å²) < 4.78 is 5.09. The Bertz CT molecular complexity index is 449. The van der Waals surface area contributed by atoms with E-state index in [1.807, 2.05) is 18.7 Å². The smallest absolute Gasteiger partial charge is 0.239 e. The predicted octanol–water partition coefficient (Wildman–Crippen LogP) is 0.857. The van der Waals surface area contributed by atoms with E-state index in [-0.39, 0.29) is 36.8 Å². The number of rotatable bonds is 5. The number of aromatic nitrogens is 2. The average Bonchev–Trinajstić information content (AvgIpc) is 2.94. The van der Waals surface area contributed by atoms with Crippen molar-refractivity contribution >= 4 is 30.7 Å². The molecule has 0 saturated carbocycles. The summed E-state index contributed by atoms with van der Waals surface area (Å²) in [5.41, 5.74) is 5.79. The quantitative estimate of drug-likeness (QED) is 0.844. The lowest BCUT2D eigenvalue weighted by atomic mass is 10.2. The molecule has 1 fully saturated rings. The van der Waals surface area contributed by atoms with Crippen molar-refractivity contribution in [3.63, 3.8) is 0 Å². The van der Waals surface area contributed by atoms with Gasteiger partial charge in [-0.3, -0.25) is 9.69 Å². The molecule has 128 valence electrons. The molecule has 1 aromatic rings. The molecule has 1 aliphatic rings. The Kier molecular flexibility index (Phi) is 9.59. The Morgan fingerprint density at radius 1 is 1.27 bits per heavy atom. The molecule has 22 heavy (non-hydrogen) atoms. The number of carbonyl (C=O) groups excluding carboxylic acids is 1. The number of amides is 1. The van der Waals surface area contributed by atoms with Crippen LogP contribution in [0, 0.1) is 0 Å². The summed E-state index contributed by atoms with van der Waals surface area (Å²) in [4.78, 5) is 20.4. The third-order valence-electron chi connectivity index (χ3n) is 3.62. The first-order valence-electron chi connectivity index (χ1n) is 7.22. The van der Waals surface area contributed by atoms with Gasteiger partial charge in [-0.1, -0.05) is 19.0 Å². The highest BCUT2D eigenvalue weighted by molar-refractivity contribution is 5.85. The number of carbonyl (C=O) groups is 1. The van der Waals surface area contributed by atoms with Crippen LogP contribution in [0.25, 0.3) is 0 Å². The fourth-order valence-electron chi connectivity index (χ4n) is 2.23. The molecule has 1 saturated heterocycles. The second-order valence-corrected chi connectivity index (χ2v) is 5.07. The normalized spacial score (nSPS) is 16.6. The molecule has 1 amide bonds. The fourth-order valence-corrected chi connectivity index (χ4v) is 2.23. The van der Waals surface area contributed by atoms with Gasteiger partial charge >= 0.3 is 0 Å². The van der Waals surface area contributed by atoms with E-state index in [1.165, 1.54) is 0 Å². The molecule has 2 rings (SSSR count). The van der Waals surface area contributed by atoms with Crippen molar-refractivity contribution in [2.45, 2.75) is 39.3 Å². The highest BCUT2D eigenvalue weighted by Gasteiger charge is 2.24. The van der Waals surface area contributed by atoms with Gasteiger partial charge in [-0.15, -0.1) is 24.8 Å². The molecule has 0 unspecified atom stereocenters. The van der Waals surface area contributed by atoms with Gasteiger partial charge in [0.25, 0.3) is 0 Å². The molecule has 1 aromatic heterocycles. The number of nitrogens with two attached hydrogens (primary N) is 1. The number of nitrogens with zero attached hydrogens (tertiary/aromatic N) is 4. The van der Waals surface area contributed by atoms with Crippen LogP contribution in [0.5, 0.6) is 0 Å². The third-order valence-corrected chi connectivity index (χ3v) is 3.62. The van der Waals surface area contributed by atoms with Crippen molar-refractivity contribution in [2.24, 2.45) is 5.73 Å². The molecule has 2 N–H and O–H groups in total. The summed E-state index contributed by atoms with van der Waals surface area (Å²) in [6.45, 7) is 7.65. The highest BCUT2D eigenvalue weighted by atomic mass is 35.5. The molecule has 0 bridgehead atoms. The first kappa shape index (κ1) is 21.1. The predicted molar refractivity (Wildman–Crippen MR) is 88.3 cm³/mol. The van der Waals surface area contributed by atoms with Crippen molar-refractivity contribution in [1.29, 1.82) is 0 Å². The van der Waals surface area contributed by atoms with Gasteiger partial charge in [0.15, 0.2) is 5.82 Å². The molecule has 1 atom stereocenters. The van der Waals surface area contributed by atoms with E-state index in [2.05, 4.69) is 15.0 Å². The van der Waals surface area contributed by atoms with Crippen molar-refractivity contribution in [3.8, 4) is 0 Å². The van der Waals surface area contributed by atoms with Gasteiger partial charge in [0.1, 0.15) is 0 Å². The molecule has 0 spiro atoms. The molecular weight excluding hydrogens is 329 g/mol. The third kappa shape index (κ3) is 5.39. The standard InChI is InChI=1S/C13H23N5O2.2ClH/c1-3-10(14)13(19)18-7-5-17(6-8-18)9-11-15-12(4-2)20-16-11;;/h10H,3-9,14H2,1-2H3;2*1H/t10-;;/m0../s1. The van der Waals surface area contributed by atoms with Crippen LogP contribution in [0.2, 0.25) is 0 Å². The monoisotopic (exact) mass is 353 g/mol. The Labute approximate surface area is 143 Å².